The van der Waals surface area contributed by atoms with Crippen LogP contribution in [0.1, 0.15) is 38.5 Å². The van der Waals surface area contributed by atoms with Gasteiger partial charge in [-0.2, -0.15) is 10.2 Å². The molecule has 2 aliphatic rings. The van der Waals surface area contributed by atoms with Crippen molar-refractivity contribution in [2.24, 2.45) is 10.2 Å². The van der Waals surface area contributed by atoms with Crippen molar-refractivity contribution < 1.29 is 9.90 Å². The van der Waals surface area contributed by atoms with Gasteiger partial charge in [-0.25, -0.2) is 0 Å². The van der Waals surface area contributed by atoms with Crippen LogP contribution in [0.3, 0.4) is 0 Å². The lowest BCUT2D eigenvalue weighted by atomic mass is 10.0. The van der Waals surface area contributed by atoms with E-state index in [0.29, 0.717) is 38.8 Å². The summed E-state index contributed by atoms with van der Waals surface area (Å²) in [4.78, 5) is 14.0. The lowest BCUT2D eigenvalue weighted by molar-refractivity contribution is -0.121. The Morgan fingerprint density at radius 1 is 1.38 bits per heavy atom. The summed E-state index contributed by atoms with van der Waals surface area (Å²) in [6, 6.07) is 0. The molecule has 0 aromatic rings. The van der Waals surface area contributed by atoms with Crippen LogP contribution < -0.4 is 5.32 Å². The van der Waals surface area contributed by atoms with Gasteiger partial charge in [-0.1, -0.05) is 0 Å². The second-order valence-corrected chi connectivity index (χ2v) is 5.85. The number of rotatable bonds is 9. The first-order valence-corrected chi connectivity index (χ1v) is 7.68. The number of carbonyl (C=O) groups excluding carboxylic acids is 1. The summed E-state index contributed by atoms with van der Waals surface area (Å²) in [6.45, 7) is 3.04. The van der Waals surface area contributed by atoms with Gasteiger partial charge in [0.25, 0.3) is 0 Å². The number of nitrogens with zero attached hydrogens (tertiary/aromatic N) is 3. The SMILES string of the molecule is C#CCCC1(CCC(=O)NCC(O)CN2CCCC2)N=N1. The largest absolute Gasteiger partial charge is 0.390 e. The fourth-order valence-corrected chi connectivity index (χ4v) is 2.63. The molecule has 116 valence electrons. The van der Waals surface area contributed by atoms with Crippen molar-refractivity contribution in [1.82, 2.24) is 10.2 Å². The fraction of sp³-hybridized carbons (Fsp3) is 0.800. The highest BCUT2D eigenvalue weighted by atomic mass is 16.3. The van der Waals surface area contributed by atoms with E-state index < -0.39 is 11.8 Å². The molecule has 1 saturated heterocycles. The molecule has 2 aliphatic heterocycles. The first-order chi connectivity index (χ1) is 10.1. The van der Waals surface area contributed by atoms with Gasteiger partial charge in [0.05, 0.1) is 6.10 Å². The molecule has 1 amide bonds. The average molecular weight is 292 g/mol. The molecule has 21 heavy (non-hydrogen) atoms. The molecule has 0 aliphatic carbocycles. The van der Waals surface area contributed by atoms with Crippen molar-refractivity contribution in [3.63, 3.8) is 0 Å². The van der Waals surface area contributed by atoms with Crippen LogP contribution in [0.15, 0.2) is 10.2 Å². The molecule has 0 radical (unpaired) electrons. The number of hydrogen-bond donors (Lipinski definition) is 2. The Hall–Kier alpha value is -1.45. The number of nitrogens with one attached hydrogen (secondary N) is 1. The molecule has 2 N–H and O–H groups in total. The Labute approximate surface area is 126 Å². The molecular formula is C15H24N4O2. The smallest absolute Gasteiger partial charge is 0.220 e. The van der Waals surface area contributed by atoms with Crippen molar-refractivity contribution >= 4 is 5.91 Å². The Bertz CT molecular complexity index is 418. The van der Waals surface area contributed by atoms with E-state index in [-0.39, 0.29) is 5.91 Å². The van der Waals surface area contributed by atoms with Crippen molar-refractivity contribution in [2.75, 3.05) is 26.2 Å². The second kappa shape index (κ2) is 7.53. The summed E-state index contributed by atoms with van der Waals surface area (Å²) >= 11 is 0. The van der Waals surface area contributed by atoms with Gasteiger partial charge in [0.2, 0.25) is 5.91 Å². The molecule has 0 saturated carbocycles. The molecule has 6 heteroatoms. The highest BCUT2D eigenvalue weighted by molar-refractivity contribution is 5.76. The summed E-state index contributed by atoms with van der Waals surface area (Å²) in [5.74, 6) is 2.51. The molecule has 0 spiro atoms. The molecule has 6 nitrogen and oxygen atoms in total. The Morgan fingerprint density at radius 2 is 2.10 bits per heavy atom. The van der Waals surface area contributed by atoms with Gasteiger partial charge < -0.3 is 15.3 Å². The van der Waals surface area contributed by atoms with Gasteiger partial charge >= 0.3 is 0 Å². The van der Waals surface area contributed by atoms with E-state index in [2.05, 4.69) is 26.4 Å². The predicted octanol–water partition coefficient (Wildman–Crippen LogP) is 0.915. The topological polar surface area (TPSA) is 77.3 Å². The molecule has 0 aromatic carbocycles. The van der Waals surface area contributed by atoms with E-state index in [4.69, 9.17) is 6.42 Å². The Morgan fingerprint density at radius 3 is 2.71 bits per heavy atom. The summed E-state index contributed by atoms with van der Waals surface area (Å²) in [5, 5.41) is 20.7. The van der Waals surface area contributed by atoms with Gasteiger partial charge in [-0.05, 0) is 25.9 Å². The third kappa shape index (κ3) is 5.44. The quantitative estimate of drug-likeness (QED) is 0.620. The van der Waals surface area contributed by atoms with E-state index in [1.807, 2.05) is 0 Å². The Balaban J connectivity index is 1.56. The second-order valence-electron chi connectivity index (χ2n) is 5.85. The van der Waals surface area contributed by atoms with Crippen LogP contribution in [0.5, 0.6) is 0 Å². The first-order valence-electron chi connectivity index (χ1n) is 7.68. The predicted molar refractivity (Wildman–Crippen MR) is 79.6 cm³/mol. The zero-order chi connectivity index (χ0) is 15.1. The fourth-order valence-electron chi connectivity index (χ4n) is 2.63. The number of terminal acetylenes is 1. The lowest BCUT2D eigenvalue weighted by Gasteiger charge is -2.19. The number of carbonyl (C=O) groups is 1. The van der Waals surface area contributed by atoms with Crippen molar-refractivity contribution in [3.05, 3.63) is 0 Å². The number of β-amino-alcohol motifs (C(OH)–C–C–N with tert-alkyl or cyclic N) is 1. The van der Waals surface area contributed by atoms with Gasteiger partial charge in [-0.15, -0.1) is 12.3 Å². The van der Waals surface area contributed by atoms with Crippen LogP contribution in [0.2, 0.25) is 0 Å². The van der Waals surface area contributed by atoms with Crippen LogP contribution in [-0.2, 0) is 4.79 Å². The zero-order valence-electron chi connectivity index (χ0n) is 12.4. The minimum atomic E-state index is -0.502. The van der Waals surface area contributed by atoms with Gasteiger partial charge in [-0.3, -0.25) is 4.79 Å². The van der Waals surface area contributed by atoms with Gasteiger partial charge in [0.15, 0.2) is 5.66 Å². The Kier molecular flexibility index (Phi) is 5.71. The van der Waals surface area contributed by atoms with Crippen LogP contribution >= 0.6 is 0 Å². The number of amides is 1. The average Bonchev–Trinajstić information content (AvgIpc) is 3.07. The van der Waals surface area contributed by atoms with Crippen molar-refractivity contribution in [1.29, 1.82) is 0 Å². The summed E-state index contributed by atoms with van der Waals surface area (Å²) in [7, 11) is 0. The minimum Gasteiger partial charge on any atom is -0.390 e. The molecular weight excluding hydrogens is 268 g/mol. The molecule has 0 bridgehead atoms. The number of aliphatic hydroxyl groups is 1. The molecule has 1 unspecified atom stereocenters. The van der Waals surface area contributed by atoms with E-state index >= 15 is 0 Å². The zero-order valence-corrected chi connectivity index (χ0v) is 12.4. The van der Waals surface area contributed by atoms with E-state index in [0.717, 1.165) is 13.1 Å². The standard InChI is InChI=1S/C15H24N4O2/c1-2-3-7-15(17-18-15)8-6-14(21)16-11-13(20)12-19-9-4-5-10-19/h1,13,20H,3-12H2,(H,16,21). The van der Waals surface area contributed by atoms with Crippen LogP contribution in [-0.4, -0.2) is 53.9 Å². The van der Waals surface area contributed by atoms with Crippen LogP contribution in [0.4, 0.5) is 0 Å². The van der Waals surface area contributed by atoms with Crippen LogP contribution in [0.25, 0.3) is 0 Å². The summed E-state index contributed by atoms with van der Waals surface area (Å²) < 4.78 is 0. The molecule has 0 aromatic heterocycles. The summed E-state index contributed by atoms with van der Waals surface area (Å²) in [6.07, 6.45) is 9.44. The molecule has 2 rings (SSSR count). The third-order valence-electron chi connectivity index (χ3n) is 4.01. The maximum absolute atomic E-state index is 11.8. The first kappa shape index (κ1) is 15.9. The normalized spacial score (nSPS) is 21.0. The van der Waals surface area contributed by atoms with Gasteiger partial charge in [0.1, 0.15) is 0 Å². The van der Waals surface area contributed by atoms with E-state index in [1.54, 1.807) is 0 Å². The molecule has 2 heterocycles. The van der Waals surface area contributed by atoms with Crippen molar-refractivity contribution in [3.8, 4) is 12.3 Å². The number of hydrogen-bond acceptors (Lipinski definition) is 5. The monoisotopic (exact) mass is 292 g/mol. The maximum Gasteiger partial charge on any atom is 0.220 e. The highest BCUT2D eigenvalue weighted by Gasteiger charge is 2.39. The highest BCUT2D eigenvalue weighted by Crippen LogP contribution is 2.37. The van der Waals surface area contributed by atoms with E-state index in [1.165, 1.54) is 12.8 Å². The van der Waals surface area contributed by atoms with Crippen LogP contribution in [0, 0.1) is 12.3 Å². The molecule has 1 fully saturated rings. The molecule has 1 atom stereocenters. The summed E-state index contributed by atoms with van der Waals surface area (Å²) in [5.41, 5.74) is -0.405. The lowest BCUT2D eigenvalue weighted by Crippen LogP contribution is -2.39. The maximum atomic E-state index is 11.8. The van der Waals surface area contributed by atoms with Crippen molar-refractivity contribution in [2.45, 2.75) is 50.3 Å². The third-order valence-corrected chi connectivity index (χ3v) is 4.01. The minimum absolute atomic E-state index is 0.0622. The van der Waals surface area contributed by atoms with E-state index in [9.17, 15) is 9.90 Å². The van der Waals surface area contributed by atoms with Gasteiger partial charge in [0, 0.05) is 38.8 Å². The number of aliphatic hydroxyl groups excluding tert-OH is 1. The number of likely N-dealkylation sites (tertiary alicyclic amines) is 1.